The largest absolute Gasteiger partial charge is 0.331 e. The molecule has 104 valence electrons. The number of likely N-dealkylation sites (N-methyl/N-ethyl adjacent to an activating group) is 1. The summed E-state index contributed by atoms with van der Waals surface area (Å²) in [6, 6.07) is 1.25. The van der Waals surface area contributed by atoms with Crippen molar-refractivity contribution < 1.29 is 0 Å². The molecule has 0 aliphatic carbocycles. The highest BCUT2D eigenvalue weighted by Gasteiger charge is 2.24. The van der Waals surface area contributed by atoms with Gasteiger partial charge in [0.2, 0.25) is 0 Å². The normalized spacial score (nSPS) is 13.8. The molecule has 1 rings (SSSR count). The Morgan fingerprint density at radius 2 is 1.94 bits per heavy atom. The number of nitrogens with two attached hydrogens (primary N) is 1. The van der Waals surface area contributed by atoms with Crippen molar-refractivity contribution >= 4 is 0 Å². The second-order valence-corrected chi connectivity index (χ2v) is 5.21. The van der Waals surface area contributed by atoms with Gasteiger partial charge in [0.15, 0.2) is 0 Å². The first-order valence-corrected chi connectivity index (χ1v) is 7.00. The molecule has 0 bridgehead atoms. The Kier molecular flexibility index (Phi) is 5.82. The van der Waals surface area contributed by atoms with E-state index >= 15 is 0 Å². The first-order valence-electron chi connectivity index (χ1n) is 7.00. The Morgan fingerprint density at radius 3 is 2.39 bits per heavy atom. The van der Waals surface area contributed by atoms with Crippen LogP contribution in [0.1, 0.15) is 58.3 Å². The first-order chi connectivity index (χ1) is 8.56. The van der Waals surface area contributed by atoms with Crippen LogP contribution in [0.4, 0.5) is 0 Å². The number of rotatable bonds is 7. The molecule has 4 heteroatoms. The molecule has 0 radical (unpaired) electrons. The minimum Gasteiger partial charge on any atom is -0.331 e. The molecule has 18 heavy (non-hydrogen) atoms. The summed E-state index contributed by atoms with van der Waals surface area (Å²) < 4.78 is 2.22. The maximum Gasteiger partial charge on any atom is 0.0951 e. The summed E-state index contributed by atoms with van der Waals surface area (Å²) in [5.74, 6) is 0. The topological polar surface area (TPSA) is 47.1 Å². The van der Waals surface area contributed by atoms with Crippen LogP contribution in [0.3, 0.4) is 0 Å². The van der Waals surface area contributed by atoms with Crippen molar-refractivity contribution in [1.29, 1.82) is 0 Å². The lowest BCUT2D eigenvalue weighted by molar-refractivity contribution is 0.161. The molecule has 1 atom stereocenters. The SMILES string of the molecule is CCC(CC)N(C)C(CN)c1cncn1C(C)C. The maximum absolute atomic E-state index is 6.00. The van der Waals surface area contributed by atoms with Crippen LogP contribution >= 0.6 is 0 Å². The molecule has 0 amide bonds. The van der Waals surface area contributed by atoms with Crippen LogP contribution in [0.15, 0.2) is 12.5 Å². The summed E-state index contributed by atoms with van der Waals surface area (Å²) in [5.41, 5.74) is 7.22. The standard InChI is InChI=1S/C14H28N4/c1-6-12(7-2)17(5)13(8-15)14-9-16-10-18(14)11(3)4/h9-13H,6-8,15H2,1-5H3. The molecule has 1 aromatic rings. The molecule has 0 aliphatic rings. The minimum absolute atomic E-state index is 0.250. The van der Waals surface area contributed by atoms with Gasteiger partial charge in [-0.3, -0.25) is 4.90 Å². The molecule has 1 unspecified atom stereocenters. The van der Waals surface area contributed by atoms with E-state index in [1.165, 1.54) is 5.69 Å². The van der Waals surface area contributed by atoms with Crippen LogP contribution in [-0.2, 0) is 0 Å². The molecule has 2 N–H and O–H groups in total. The zero-order chi connectivity index (χ0) is 13.7. The number of hydrogen-bond acceptors (Lipinski definition) is 3. The monoisotopic (exact) mass is 252 g/mol. The van der Waals surface area contributed by atoms with E-state index in [4.69, 9.17) is 5.73 Å². The Labute approximate surface area is 111 Å². The summed E-state index contributed by atoms with van der Waals surface area (Å²) in [6.07, 6.45) is 6.17. The van der Waals surface area contributed by atoms with E-state index in [0.29, 0.717) is 18.6 Å². The number of nitrogens with zero attached hydrogens (tertiary/aromatic N) is 3. The zero-order valence-corrected chi connectivity index (χ0v) is 12.4. The molecule has 4 nitrogen and oxygen atoms in total. The summed E-state index contributed by atoms with van der Waals surface area (Å²) in [5, 5.41) is 0. The maximum atomic E-state index is 6.00. The number of hydrogen-bond donors (Lipinski definition) is 1. The third kappa shape index (κ3) is 3.12. The van der Waals surface area contributed by atoms with E-state index in [0.717, 1.165) is 12.8 Å². The van der Waals surface area contributed by atoms with Crippen molar-refractivity contribution in [3.8, 4) is 0 Å². The van der Waals surface area contributed by atoms with Crippen molar-refractivity contribution in [1.82, 2.24) is 14.5 Å². The van der Waals surface area contributed by atoms with Crippen molar-refractivity contribution in [3.63, 3.8) is 0 Å². The predicted molar refractivity (Wildman–Crippen MR) is 76.5 cm³/mol. The highest BCUT2D eigenvalue weighted by Crippen LogP contribution is 2.24. The molecule has 0 aliphatic heterocycles. The minimum atomic E-state index is 0.250. The van der Waals surface area contributed by atoms with Crippen LogP contribution < -0.4 is 5.73 Å². The van der Waals surface area contributed by atoms with Gasteiger partial charge in [0.25, 0.3) is 0 Å². The van der Waals surface area contributed by atoms with Crippen molar-refractivity contribution in [2.45, 2.75) is 58.7 Å². The van der Waals surface area contributed by atoms with Crippen LogP contribution in [-0.4, -0.2) is 34.1 Å². The van der Waals surface area contributed by atoms with Crippen molar-refractivity contribution in [2.24, 2.45) is 5.73 Å². The van der Waals surface area contributed by atoms with Crippen molar-refractivity contribution in [3.05, 3.63) is 18.2 Å². The predicted octanol–water partition coefficient (Wildman–Crippen LogP) is 2.58. The second-order valence-electron chi connectivity index (χ2n) is 5.21. The average molecular weight is 252 g/mol. The van der Waals surface area contributed by atoms with Gasteiger partial charge in [-0.2, -0.15) is 0 Å². The molecule has 0 spiro atoms. The Bertz CT molecular complexity index is 341. The van der Waals surface area contributed by atoms with Gasteiger partial charge in [0, 0.05) is 24.8 Å². The van der Waals surface area contributed by atoms with E-state index < -0.39 is 0 Å². The smallest absolute Gasteiger partial charge is 0.0951 e. The van der Waals surface area contributed by atoms with E-state index in [1.54, 1.807) is 0 Å². The highest BCUT2D eigenvalue weighted by atomic mass is 15.2. The van der Waals surface area contributed by atoms with Gasteiger partial charge in [-0.15, -0.1) is 0 Å². The number of aromatic nitrogens is 2. The van der Waals surface area contributed by atoms with Crippen molar-refractivity contribution in [2.75, 3.05) is 13.6 Å². The van der Waals surface area contributed by atoms with Gasteiger partial charge in [0.05, 0.1) is 18.1 Å². The van der Waals surface area contributed by atoms with Gasteiger partial charge in [-0.05, 0) is 33.7 Å². The van der Waals surface area contributed by atoms with Crippen LogP contribution in [0.2, 0.25) is 0 Å². The Balaban J connectivity index is 2.98. The van der Waals surface area contributed by atoms with Gasteiger partial charge in [-0.25, -0.2) is 4.98 Å². The Morgan fingerprint density at radius 1 is 1.33 bits per heavy atom. The fraction of sp³-hybridized carbons (Fsp3) is 0.786. The summed E-state index contributed by atoms with van der Waals surface area (Å²) >= 11 is 0. The summed E-state index contributed by atoms with van der Waals surface area (Å²) in [6.45, 7) is 9.45. The molecule has 1 aromatic heterocycles. The van der Waals surface area contributed by atoms with Gasteiger partial charge in [0.1, 0.15) is 0 Å². The molecule has 0 aromatic carbocycles. The van der Waals surface area contributed by atoms with Gasteiger partial charge in [-0.1, -0.05) is 13.8 Å². The van der Waals surface area contributed by atoms with E-state index in [-0.39, 0.29) is 6.04 Å². The molecule has 0 saturated heterocycles. The van der Waals surface area contributed by atoms with E-state index in [1.807, 2.05) is 12.5 Å². The third-order valence-electron chi connectivity index (χ3n) is 3.83. The highest BCUT2D eigenvalue weighted by molar-refractivity contribution is 5.08. The quantitative estimate of drug-likeness (QED) is 0.811. The summed E-state index contributed by atoms with van der Waals surface area (Å²) in [4.78, 5) is 6.69. The van der Waals surface area contributed by atoms with Gasteiger partial charge < -0.3 is 10.3 Å². The van der Waals surface area contributed by atoms with Crippen LogP contribution in [0.25, 0.3) is 0 Å². The molecular weight excluding hydrogens is 224 g/mol. The first kappa shape index (κ1) is 15.2. The zero-order valence-electron chi connectivity index (χ0n) is 12.4. The van der Waals surface area contributed by atoms with E-state index in [9.17, 15) is 0 Å². The lowest BCUT2D eigenvalue weighted by Gasteiger charge is -2.34. The molecule has 0 fully saturated rings. The van der Waals surface area contributed by atoms with Crippen LogP contribution in [0.5, 0.6) is 0 Å². The third-order valence-corrected chi connectivity index (χ3v) is 3.83. The average Bonchev–Trinajstić information content (AvgIpc) is 2.81. The Hall–Kier alpha value is -0.870. The second kappa shape index (κ2) is 6.90. The molecule has 1 heterocycles. The fourth-order valence-corrected chi connectivity index (χ4v) is 2.62. The molecular formula is C14H28N4. The number of imidazole rings is 1. The van der Waals surface area contributed by atoms with Gasteiger partial charge >= 0.3 is 0 Å². The summed E-state index contributed by atoms with van der Waals surface area (Å²) in [7, 11) is 2.17. The lowest BCUT2D eigenvalue weighted by atomic mass is 10.1. The molecule has 0 saturated carbocycles. The van der Waals surface area contributed by atoms with Crippen LogP contribution in [0, 0.1) is 0 Å². The fourth-order valence-electron chi connectivity index (χ4n) is 2.62. The lowest BCUT2D eigenvalue weighted by Crippen LogP contribution is -2.39. The van der Waals surface area contributed by atoms with E-state index in [2.05, 4.69) is 49.2 Å².